The van der Waals surface area contributed by atoms with Crippen LogP contribution >= 0.6 is 10.2 Å². The zero-order valence-corrected chi connectivity index (χ0v) is 14.6. The van der Waals surface area contributed by atoms with Crippen LogP contribution in [0.2, 0.25) is 0 Å². The summed E-state index contributed by atoms with van der Waals surface area (Å²) in [7, 11) is -9.73. The number of hydrogen-bond donors (Lipinski definition) is 1. The Morgan fingerprint density at radius 2 is 1.64 bits per heavy atom. The number of fused-ring (bicyclic) bond motifs is 1. The molecule has 0 aliphatic heterocycles. The first kappa shape index (κ1) is 18.2. The van der Waals surface area contributed by atoms with Crippen molar-refractivity contribution >= 4 is 21.3 Å². The van der Waals surface area contributed by atoms with E-state index in [0.29, 0.717) is 28.8 Å². The van der Waals surface area contributed by atoms with Crippen LogP contribution in [0.4, 0.5) is 19.4 Å². The molecule has 2 aromatic carbocycles. The highest BCUT2D eigenvalue weighted by molar-refractivity contribution is 8.45. The summed E-state index contributed by atoms with van der Waals surface area (Å²) in [5.41, 5.74) is 2.56. The Morgan fingerprint density at radius 3 is 2.36 bits per heavy atom. The number of aromatic nitrogens is 4. The molecule has 0 radical (unpaired) electrons. The fourth-order valence-electron chi connectivity index (χ4n) is 2.58. The van der Waals surface area contributed by atoms with E-state index in [4.69, 9.17) is 4.74 Å². The first-order valence-electron chi connectivity index (χ1n) is 7.78. The molecule has 0 bridgehead atoms. The van der Waals surface area contributed by atoms with Gasteiger partial charge in [-0.1, -0.05) is 30.7 Å². The zero-order valence-electron chi connectivity index (χ0n) is 13.8. The molecule has 5 nitrogen and oxygen atoms in total. The molecule has 11 heteroatoms. The predicted octanol–water partition coefficient (Wildman–Crippen LogP) is 6.47. The van der Waals surface area contributed by atoms with E-state index >= 15 is 0 Å². The first-order chi connectivity index (χ1) is 13.0. The maximum atomic E-state index is 12.8. The van der Waals surface area contributed by atoms with Crippen LogP contribution in [0.3, 0.4) is 0 Å². The van der Waals surface area contributed by atoms with Crippen molar-refractivity contribution in [1.29, 1.82) is 0 Å². The normalized spacial score (nSPS) is 14.5. The number of halogens is 5. The average molecular weight is 414 g/mol. The lowest BCUT2D eigenvalue weighted by Crippen LogP contribution is -2.05. The van der Waals surface area contributed by atoms with Crippen molar-refractivity contribution in [1.82, 2.24) is 20.4 Å². The quantitative estimate of drug-likeness (QED) is 0.389. The molecular formula is C17H11F5N4OS. The van der Waals surface area contributed by atoms with Gasteiger partial charge in [0.25, 0.3) is 0 Å². The molecule has 0 amide bonds. The van der Waals surface area contributed by atoms with E-state index in [1.165, 1.54) is 6.20 Å². The van der Waals surface area contributed by atoms with Crippen LogP contribution in [0.15, 0.2) is 65.7 Å². The summed E-state index contributed by atoms with van der Waals surface area (Å²) in [5, 5.41) is 10.3. The van der Waals surface area contributed by atoms with E-state index in [9.17, 15) is 19.4 Å². The van der Waals surface area contributed by atoms with Crippen LogP contribution in [-0.4, -0.2) is 20.4 Å². The van der Waals surface area contributed by atoms with Crippen molar-refractivity contribution in [2.45, 2.75) is 4.90 Å². The Kier molecular flexibility index (Phi) is 3.51. The highest BCUT2D eigenvalue weighted by Crippen LogP contribution is 3.02. The number of H-pyrrole nitrogens is 1. The molecule has 0 spiro atoms. The smallest absolute Gasteiger partial charge is 0.310 e. The minimum absolute atomic E-state index is 0.0620. The van der Waals surface area contributed by atoms with Gasteiger partial charge in [0.15, 0.2) is 0 Å². The van der Waals surface area contributed by atoms with Crippen LogP contribution in [0.25, 0.3) is 22.2 Å². The minimum atomic E-state index is -9.73. The van der Waals surface area contributed by atoms with Crippen LogP contribution < -0.4 is 4.74 Å². The third kappa shape index (κ3) is 3.60. The molecule has 0 atom stereocenters. The van der Waals surface area contributed by atoms with Crippen LogP contribution in [0, 0.1) is 0 Å². The average Bonchev–Trinajstić information content (AvgIpc) is 3.08. The summed E-state index contributed by atoms with van der Waals surface area (Å²) in [6, 6.07) is 10.9. The number of aromatic amines is 1. The molecule has 146 valence electrons. The SMILES string of the molecule is FS(F)(F)(F)(F)c1ccc(Oc2ncccc2-c2ccc3[nH]nnc3c2)cc1. The number of pyridine rings is 1. The summed E-state index contributed by atoms with van der Waals surface area (Å²) >= 11 is 0. The van der Waals surface area contributed by atoms with Gasteiger partial charge < -0.3 is 4.74 Å². The van der Waals surface area contributed by atoms with E-state index in [1.54, 1.807) is 30.3 Å². The number of nitrogens with zero attached hydrogens (tertiary/aromatic N) is 3. The minimum Gasteiger partial charge on any atom is -0.438 e. The molecule has 0 saturated heterocycles. The number of hydrogen-bond acceptors (Lipinski definition) is 4. The lowest BCUT2D eigenvalue weighted by Gasteiger charge is -2.40. The van der Waals surface area contributed by atoms with Gasteiger partial charge in [-0.15, -0.1) is 5.10 Å². The van der Waals surface area contributed by atoms with Crippen LogP contribution in [0.1, 0.15) is 0 Å². The van der Waals surface area contributed by atoms with Crippen molar-refractivity contribution in [2.75, 3.05) is 0 Å². The van der Waals surface area contributed by atoms with Crippen molar-refractivity contribution in [3.8, 4) is 22.8 Å². The van der Waals surface area contributed by atoms with E-state index in [2.05, 4.69) is 20.4 Å². The second-order valence-electron chi connectivity index (χ2n) is 5.94. The Hall–Kier alpha value is -3.21. The van der Waals surface area contributed by atoms with Gasteiger partial charge in [-0.3, -0.25) is 5.10 Å². The Bertz CT molecular complexity index is 1180. The fraction of sp³-hybridized carbons (Fsp3) is 0. The first-order valence-corrected chi connectivity index (χ1v) is 9.73. The van der Waals surface area contributed by atoms with E-state index in [-0.39, 0.29) is 11.6 Å². The summed E-state index contributed by atoms with van der Waals surface area (Å²) in [5.74, 6) is 0.0403. The number of benzene rings is 2. The molecule has 0 saturated carbocycles. The molecule has 0 aliphatic carbocycles. The maximum absolute atomic E-state index is 12.8. The van der Waals surface area contributed by atoms with Gasteiger partial charge >= 0.3 is 10.2 Å². The third-order valence-corrected chi connectivity index (χ3v) is 5.05. The lowest BCUT2D eigenvalue weighted by molar-refractivity contribution is 0.363. The second kappa shape index (κ2) is 5.41. The van der Waals surface area contributed by atoms with Crippen molar-refractivity contribution in [2.24, 2.45) is 0 Å². The number of rotatable bonds is 4. The van der Waals surface area contributed by atoms with Crippen LogP contribution in [-0.2, 0) is 0 Å². The van der Waals surface area contributed by atoms with Gasteiger partial charge in [0.2, 0.25) is 5.88 Å². The van der Waals surface area contributed by atoms with Gasteiger partial charge in [0, 0.05) is 11.8 Å². The molecular weight excluding hydrogens is 403 g/mol. The molecule has 2 aromatic heterocycles. The molecule has 0 fully saturated rings. The summed E-state index contributed by atoms with van der Waals surface area (Å²) in [4.78, 5) is 2.11. The maximum Gasteiger partial charge on any atom is 0.310 e. The lowest BCUT2D eigenvalue weighted by atomic mass is 10.1. The zero-order chi connectivity index (χ0) is 20.1. The topological polar surface area (TPSA) is 63.7 Å². The van der Waals surface area contributed by atoms with Gasteiger partial charge in [0.1, 0.15) is 16.2 Å². The molecule has 0 unspecified atom stereocenters. The number of nitrogens with one attached hydrogen (secondary N) is 1. The Balaban J connectivity index is 1.68. The standard InChI is InChI=1S/C17H11F5N4OS/c18-28(19,20,21,22)13-6-4-12(5-7-13)27-17-14(2-1-9-23-17)11-3-8-15-16(10-11)25-26-24-15/h1-10H,(H,24,25,26). The largest absolute Gasteiger partial charge is 0.438 e. The Labute approximate surface area is 154 Å². The van der Waals surface area contributed by atoms with E-state index in [0.717, 1.165) is 17.6 Å². The van der Waals surface area contributed by atoms with Gasteiger partial charge in [-0.05, 0) is 54.1 Å². The van der Waals surface area contributed by atoms with Crippen molar-refractivity contribution in [3.63, 3.8) is 0 Å². The molecule has 0 aliphatic rings. The molecule has 28 heavy (non-hydrogen) atoms. The molecule has 4 aromatic rings. The van der Waals surface area contributed by atoms with Crippen LogP contribution in [0.5, 0.6) is 11.6 Å². The molecule has 2 heterocycles. The molecule has 1 N–H and O–H groups in total. The monoisotopic (exact) mass is 414 g/mol. The van der Waals surface area contributed by atoms with E-state index in [1.807, 2.05) is 0 Å². The van der Waals surface area contributed by atoms with E-state index < -0.39 is 15.1 Å². The highest BCUT2D eigenvalue weighted by Gasteiger charge is 2.65. The second-order valence-corrected chi connectivity index (χ2v) is 8.35. The fourth-order valence-corrected chi connectivity index (χ4v) is 3.23. The number of ether oxygens (including phenoxy) is 1. The summed E-state index contributed by atoms with van der Waals surface area (Å²) in [6.45, 7) is 0. The van der Waals surface area contributed by atoms with Crippen molar-refractivity contribution in [3.05, 3.63) is 60.8 Å². The summed E-state index contributed by atoms with van der Waals surface area (Å²) in [6.07, 6.45) is 1.44. The predicted molar refractivity (Wildman–Crippen MR) is 95.0 cm³/mol. The third-order valence-electron chi connectivity index (χ3n) is 3.89. The molecule has 4 rings (SSSR count). The van der Waals surface area contributed by atoms with Gasteiger partial charge in [-0.25, -0.2) is 4.98 Å². The summed E-state index contributed by atoms with van der Waals surface area (Å²) < 4.78 is 69.7. The van der Waals surface area contributed by atoms with Crippen molar-refractivity contribution < 1.29 is 24.2 Å². The van der Waals surface area contributed by atoms with Gasteiger partial charge in [0.05, 0.1) is 5.52 Å². The Morgan fingerprint density at radius 1 is 0.893 bits per heavy atom. The van der Waals surface area contributed by atoms with Gasteiger partial charge in [-0.2, -0.15) is 0 Å². The highest BCUT2D eigenvalue weighted by atomic mass is 32.5.